The summed E-state index contributed by atoms with van der Waals surface area (Å²) in [6.45, 7) is 11.7. The molecular formula is C20H30N+. The maximum absolute atomic E-state index is 2.48. The van der Waals surface area contributed by atoms with E-state index in [4.69, 9.17) is 0 Å². The first-order valence-electron chi connectivity index (χ1n) is 8.60. The number of rotatable bonds is 2. The van der Waals surface area contributed by atoms with Crippen molar-refractivity contribution in [3.63, 3.8) is 0 Å². The summed E-state index contributed by atoms with van der Waals surface area (Å²) in [6, 6.07) is 4.83. The van der Waals surface area contributed by atoms with Gasteiger partial charge in [-0.2, -0.15) is 4.57 Å². The highest BCUT2D eigenvalue weighted by molar-refractivity contribution is 5.50. The predicted molar refractivity (Wildman–Crippen MR) is 89.1 cm³/mol. The molecule has 1 aliphatic heterocycles. The molecule has 0 saturated heterocycles. The van der Waals surface area contributed by atoms with E-state index in [0.29, 0.717) is 0 Å². The molecule has 1 aromatic heterocycles. The van der Waals surface area contributed by atoms with Crippen LogP contribution in [-0.4, -0.2) is 0 Å². The molecule has 0 N–H and O–H groups in total. The van der Waals surface area contributed by atoms with Gasteiger partial charge in [-0.3, -0.25) is 0 Å². The highest BCUT2D eigenvalue weighted by atomic mass is 15.0. The highest BCUT2D eigenvalue weighted by Crippen LogP contribution is 2.50. The summed E-state index contributed by atoms with van der Waals surface area (Å²) in [6.07, 6.45) is 11.6. The minimum Gasteiger partial charge on any atom is -0.168 e. The summed E-state index contributed by atoms with van der Waals surface area (Å²) < 4.78 is 2.43. The zero-order valence-electron chi connectivity index (χ0n) is 14.4. The lowest BCUT2D eigenvalue weighted by molar-refractivity contribution is -0.585. The Balaban J connectivity index is 1.99. The van der Waals surface area contributed by atoms with Crippen molar-refractivity contribution < 1.29 is 4.57 Å². The first-order chi connectivity index (χ1) is 9.88. The van der Waals surface area contributed by atoms with Gasteiger partial charge >= 0.3 is 0 Å². The fourth-order valence-electron chi connectivity index (χ4n) is 4.35. The van der Waals surface area contributed by atoms with Gasteiger partial charge in [0, 0.05) is 12.1 Å². The second-order valence-corrected chi connectivity index (χ2v) is 8.07. The molecule has 0 atom stereocenters. The van der Waals surface area contributed by atoms with Gasteiger partial charge in [-0.25, -0.2) is 0 Å². The fraction of sp³-hybridized carbons (Fsp3) is 0.650. The second-order valence-electron chi connectivity index (χ2n) is 8.07. The van der Waals surface area contributed by atoms with Crippen molar-refractivity contribution in [3.05, 3.63) is 35.7 Å². The van der Waals surface area contributed by atoms with Gasteiger partial charge < -0.3 is 0 Å². The zero-order chi connectivity index (χ0) is 15.3. The molecule has 1 nitrogen and oxygen atoms in total. The Hall–Kier alpha value is -1.11. The Kier molecular flexibility index (Phi) is 3.50. The Labute approximate surface area is 130 Å². The van der Waals surface area contributed by atoms with Crippen LogP contribution < -0.4 is 4.57 Å². The standard InChI is InChI=1S/C20H30N/c1-6-17-19(2,3)20(4,5)18-14-16(11-12-21(17)18)13-15-9-7-8-10-15/h6,11-12,14-15H,7-10,13H2,1-5H3/q+1/b17-6+. The molecule has 0 unspecified atom stereocenters. The van der Waals surface area contributed by atoms with Gasteiger partial charge in [-0.05, 0) is 58.6 Å². The van der Waals surface area contributed by atoms with E-state index < -0.39 is 0 Å². The summed E-state index contributed by atoms with van der Waals surface area (Å²) in [5.41, 5.74) is 4.82. The first-order valence-corrected chi connectivity index (χ1v) is 8.60. The molecule has 1 saturated carbocycles. The third-order valence-electron chi connectivity index (χ3n) is 6.39. The van der Waals surface area contributed by atoms with Gasteiger partial charge in [0.1, 0.15) is 0 Å². The molecule has 0 bridgehead atoms. The van der Waals surface area contributed by atoms with Crippen LogP contribution in [0.1, 0.15) is 71.6 Å². The van der Waals surface area contributed by atoms with Crippen LogP contribution in [0, 0.1) is 11.3 Å². The van der Waals surface area contributed by atoms with Gasteiger partial charge in [0.25, 0.3) is 0 Å². The van der Waals surface area contributed by atoms with Crippen molar-refractivity contribution >= 4 is 5.70 Å². The minimum absolute atomic E-state index is 0.181. The molecule has 0 aromatic carbocycles. The normalized spacial score (nSPS) is 25.5. The lowest BCUT2D eigenvalue weighted by Gasteiger charge is -2.29. The van der Waals surface area contributed by atoms with Crippen LogP contribution in [0.3, 0.4) is 0 Å². The molecule has 3 rings (SSSR count). The van der Waals surface area contributed by atoms with E-state index >= 15 is 0 Å². The highest BCUT2D eigenvalue weighted by Gasteiger charge is 2.56. The average molecular weight is 284 g/mol. The first kappa shape index (κ1) is 14.8. The van der Waals surface area contributed by atoms with Crippen LogP contribution in [0.25, 0.3) is 5.70 Å². The van der Waals surface area contributed by atoms with Crippen molar-refractivity contribution in [2.75, 3.05) is 0 Å². The number of allylic oxidation sites excluding steroid dienone is 2. The van der Waals surface area contributed by atoms with Crippen molar-refractivity contribution in [3.8, 4) is 0 Å². The SMILES string of the molecule is C/C=C1/[n+]2ccc(CC3CCCC3)cc2C(C)(C)C1(C)C. The quantitative estimate of drug-likeness (QED) is 0.681. The van der Waals surface area contributed by atoms with E-state index in [2.05, 4.69) is 63.6 Å². The number of aromatic nitrogens is 1. The van der Waals surface area contributed by atoms with Gasteiger partial charge in [-0.1, -0.05) is 25.7 Å². The Morgan fingerprint density at radius 2 is 1.81 bits per heavy atom. The van der Waals surface area contributed by atoms with Crippen molar-refractivity contribution in [2.24, 2.45) is 11.3 Å². The molecular weight excluding hydrogens is 254 g/mol. The summed E-state index contributed by atoms with van der Waals surface area (Å²) in [5.74, 6) is 0.923. The van der Waals surface area contributed by atoms with E-state index in [1.807, 2.05) is 0 Å². The number of hydrogen-bond acceptors (Lipinski definition) is 0. The Morgan fingerprint density at radius 1 is 1.14 bits per heavy atom. The van der Waals surface area contributed by atoms with E-state index in [0.717, 1.165) is 5.92 Å². The van der Waals surface area contributed by atoms with Gasteiger partial charge in [0.2, 0.25) is 0 Å². The number of fused-ring (bicyclic) bond motifs is 1. The third-order valence-corrected chi connectivity index (χ3v) is 6.39. The molecule has 1 aromatic rings. The largest absolute Gasteiger partial charge is 0.194 e. The van der Waals surface area contributed by atoms with Crippen LogP contribution in [0.4, 0.5) is 0 Å². The lowest BCUT2D eigenvalue weighted by atomic mass is 9.67. The molecule has 1 heteroatoms. The summed E-state index contributed by atoms with van der Waals surface area (Å²) >= 11 is 0. The smallest absolute Gasteiger partial charge is 0.168 e. The van der Waals surface area contributed by atoms with Crippen molar-refractivity contribution in [1.29, 1.82) is 0 Å². The Bertz CT molecular complexity index is 572. The molecule has 114 valence electrons. The van der Waals surface area contributed by atoms with Crippen LogP contribution in [0.5, 0.6) is 0 Å². The van der Waals surface area contributed by atoms with Gasteiger partial charge in [0.05, 0.1) is 10.8 Å². The van der Waals surface area contributed by atoms with Crippen LogP contribution in [-0.2, 0) is 11.8 Å². The molecule has 1 fully saturated rings. The van der Waals surface area contributed by atoms with Crippen LogP contribution >= 0.6 is 0 Å². The summed E-state index contributed by atoms with van der Waals surface area (Å²) in [5, 5.41) is 0. The van der Waals surface area contributed by atoms with Crippen molar-refractivity contribution in [2.45, 2.75) is 72.1 Å². The molecule has 2 heterocycles. The lowest BCUT2D eigenvalue weighted by Crippen LogP contribution is -2.34. The van der Waals surface area contributed by atoms with Gasteiger partial charge in [0.15, 0.2) is 17.6 Å². The van der Waals surface area contributed by atoms with Gasteiger partial charge in [-0.15, -0.1) is 0 Å². The predicted octanol–water partition coefficient (Wildman–Crippen LogP) is 4.89. The number of pyridine rings is 1. The zero-order valence-corrected chi connectivity index (χ0v) is 14.4. The maximum Gasteiger partial charge on any atom is 0.194 e. The van der Waals surface area contributed by atoms with E-state index in [-0.39, 0.29) is 10.8 Å². The van der Waals surface area contributed by atoms with Crippen LogP contribution in [0.2, 0.25) is 0 Å². The maximum atomic E-state index is 2.48. The molecule has 0 radical (unpaired) electrons. The summed E-state index contributed by atoms with van der Waals surface area (Å²) in [7, 11) is 0. The third kappa shape index (κ3) is 2.17. The number of nitrogens with zero attached hydrogens (tertiary/aromatic N) is 1. The molecule has 1 aliphatic carbocycles. The van der Waals surface area contributed by atoms with E-state index in [1.54, 1.807) is 0 Å². The molecule has 0 spiro atoms. The topological polar surface area (TPSA) is 3.88 Å². The fourth-order valence-corrected chi connectivity index (χ4v) is 4.35. The minimum atomic E-state index is 0.181. The molecule has 2 aliphatic rings. The monoisotopic (exact) mass is 284 g/mol. The average Bonchev–Trinajstić information content (AvgIpc) is 2.97. The Morgan fingerprint density at radius 3 is 2.43 bits per heavy atom. The van der Waals surface area contributed by atoms with Crippen molar-refractivity contribution in [1.82, 2.24) is 0 Å². The number of hydrogen-bond donors (Lipinski definition) is 0. The molecule has 21 heavy (non-hydrogen) atoms. The second kappa shape index (κ2) is 4.97. The molecule has 0 amide bonds. The van der Waals surface area contributed by atoms with E-state index in [9.17, 15) is 0 Å². The van der Waals surface area contributed by atoms with Crippen LogP contribution in [0.15, 0.2) is 24.4 Å². The summed E-state index contributed by atoms with van der Waals surface area (Å²) in [4.78, 5) is 0. The van der Waals surface area contributed by atoms with E-state index in [1.165, 1.54) is 49.1 Å².